The number of carbonyl (C=O) groups excluding carboxylic acids is 1. The topological polar surface area (TPSA) is 165 Å². The van der Waals surface area contributed by atoms with Crippen molar-refractivity contribution in [1.82, 2.24) is 24.7 Å². The Hall–Kier alpha value is -3.07. The van der Waals surface area contributed by atoms with Crippen molar-refractivity contribution in [3.63, 3.8) is 0 Å². The largest absolute Gasteiger partial charge is 0.467 e. The van der Waals surface area contributed by atoms with Gasteiger partial charge >= 0.3 is 12.0 Å². The fourth-order valence-corrected chi connectivity index (χ4v) is 3.72. The monoisotopic (exact) mass is 445 g/mol. The van der Waals surface area contributed by atoms with Gasteiger partial charge in [-0.05, 0) is 19.1 Å². The number of rotatable bonds is 6. The van der Waals surface area contributed by atoms with E-state index in [9.17, 15) is 21.6 Å². The molecule has 13 nitrogen and oxygen atoms in total. The zero-order chi connectivity index (χ0) is 22.0. The third-order valence-corrected chi connectivity index (χ3v) is 6.02. The molecule has 2 aromatic rings. The maximum absolute atomic E-state index is 12.7. The Balaban J connectivity index is 2.37. The van der Waals surface area contributed by atoms with E-state index in [1.165, 1.54) is 40.3 Å². The van der Waals surface area contributed by atoms with Gasteiger partial charge in [0, 0.05) is 20.3 Å². The third-order valence-electron chi connectivity index (χ3n) is 3.57. The zero-order valence-corrected chi connectivity index (χ0v) is 17.8. The van der Waals surface area contributed by atoms with Crippen molar-refractivity contribution in [3.8, 4) is 6.01 Å². The molecule has 0 aliphatic carbocycles. The molecule has 29 heavy (non-hydrogen) atoms. The van der Waals surface area contributed by atoms with Crippen molar-refractivity contribution in [2.75, 3.05) is 36.7 Å². The molecule has 2 amide bonds. The molecule has 0 saturated heterocycles. The summed E-state index contributed by atoms with van der Waals surface area (Å²) in [6.07, 6.45) is 2.06. The Labute approximate surface area is 167 Å². The van der Waals surface area contributed by atoms with Crippen LogP contribution in [-0.2, 0) is 20.0 Å². The number of anilines is 2. The quantitative estimate of drug-likeness (QED) is 0.613. The van der Waals surface area contributed by atoms with E-state index < -0.39 is 31.1 Å². The molecule has 2 heterocycles. The third kappa shape index (κ3) is 5.05. The summed E-state index contributed by atoms with van der Waals surface area (Å²) in [7, 11) is -4.58. The summed E-state index contributed by atoms with van der Waals surface area (Å²) in [5.41, 5.74) is -0.226. The lowest BCUT2D eigenvalue weighted by molar-refractivity contribution is 0.251. The minimum Gasteiger partial charge on any atom is -0.467 e. The van der Waals surface area contributed by atoms with Gasteiger partial charge in [-0.3, -0.25) is 9.21 Å². The molecular weight excluding hydrogens is 426 g/mol. The molecule has 0 spiro atoms. The molecule has 0 unspecified atom stereocenters. The summed E-state index contributed by atoms with van der Waals surface area (Å²) in [6.45, 7) is 1.54. The number of sulfonamides is 2. The average molecular weight is 445 g/mol. The highest BCUT2D eigenvalue weighted by atomic mass is 32.2. The van der Waals surface area contributed by atoms with E-state index in [0.717, 1.165) is 21.7 Å². The number of ether oxygens (including phenoxy) is 1. The van der Waals surface area contributed by atoms with Gasteiger partial charge in [0.25, 0.3) is 10.0 Å². The number of nitrogens with one attached hydrogen (secondary N) is 1. The first kappa shape index (κ1) is 22.2. The molecule has 0 radical (unpaired) electrons. The highest BCUT2D eigenvalue weighted by molar-refractivity contribution is 7.92. The molecule has 0 aliphatic heterocycles. The minimum atomic E-state index is -4.54. The first-order valence-electron chi connectivity index (χ1n) is 7.83. The minimum absolute atomic E-state index is 0.0585. The van der Waals surface area contributed by atoms with E-state index in [0.29, 0.717) is 0 Å². The maximum Gasteiger partial charge on any atom is 0.337 e. The SMILES string of the molecule is COc1nc(C)nc(N(C)C(=O)NS(=O)(=O)c2ncccc2N(C)S(C)(=O)=O)n1. The predicted octanol–water partition coefficient (Wildman–Crippen LogP) is -0.486. The summed E-state index contributed by atoms with van der Waals surface area (Å²) in [5.74, 6) is 0.0905. The van der Waals surface area contributed by atoms with Crippen LogP contribution in [0.15, 0.2) is 23.4 Å². The number of amides is 2. The van der Waals surface area contributed by atoms with Gasteiger partial charge < -0.3 is 4.74 Å². The second kappa shape index (κ2) is 8.12. The predicted molar refractivity (Wildman–Crippen MR) is 103 cm³/mol. The number of carbonyl (C=O) groups is 1. The van der Waals surface area contributed by atoms with Crippen LogP contribution in [0.1, 0.15) is 5.82 Å². The molecule has 158 valence electrons. The van der Waals surface area contributed by atoms with Gasteiger partial charge in [-0.15, -0.1) is 0 Å². The summed E-state index contributed by atoms with van der Waals surface area (Å²) < 4.78 is 56.4. The second-order valence-electron chi connectivity index (χ2n) is 5.70. The highest BCUT2D eigenvalue weighted by Crippen LogP contribution is 2.23. The fraction of sp³-hybridized carbons (Fsp3) is 0.357. The lowest BCUT2D eigenvalue weighted by Crippen LogP contribution is -2.42. The van der Waals surface area contributed by atoms with Crippen molar-refractivity contribution in [1.29, 1.82) is 0 Å². The molecule has 2 rings (SSSR count). The number of hydrogen-bond donors (Lipinski definition) is 1. The normalized spacial score (nSPS) is 11.6. The second-order valence-corrected chi connectivity index (χ2v) is 9.31. The van der Waals surface area contributed by atoms with Gasteiger partial charge in [-0.2, -0.15) is 23.4 Å². The Kier molecular flexibility index (Phi) is 6.22. The summed E-state index contributed by atoms with van der Waals surface area (Å²) in [4.78, 5) is 28.7. The van der Waals surface area contributed by atoms with E-state index in [2.05, 4.69) is 19.9 Å². The number of hydrogen-bond acceptors (Lipinski definition) is 10. The van der Waals surface area contributed by atoms with Crippen LogP contribution < -0.4 is 18.7 Å². The Morgan fingerprint density at radius 3 is 2.38 bits per heavy atom. The van der Waals surface area contributed by atoms with E-state index in [4.69, 9.17) is 4.74 Å². The van der Waals surface area contributed by atoms with E-state index in [1.54, 1.807) is 0 Å². The van der Waals surface area contributed by atoms with Gasteiger partial charge in [-0.25, -0.2) is 22.9 Å². The van der Waals surface area contributed by atoms with Crippen molar-refractivity contribution < 1.29 is 26.4 Å². The molecule has 0 bridgehead atoms. The molecule has 2 aromatic heterocycles. The first-order valence-corrected chi connectivity index (χ1v) is 11.2. The maximum atomic E-state index is 12.7. The highest BCUT2D eigenvalue weighted by Gasteiger charge is 2.29. The van der Waals surface area contributed by atoms with Crippen LogP contribution >= 0.6 is 0 Å². The molecule has 0 fully saturated rings. The lowest BCUT2D eigenvalue weighted by atomic mass is 10.4. The molecule has 0 atom stereocenters. The van der Waals surface area contributed by atoms with Crippen LogP contribution in [0.3, 0.4) is 0 Å². The molecule has 15 heteroatoms. The zero-order valence-electron chi connectivity index (χ0n) is 16.2. The number of pyridine rings is 1. The van der Waals surface area contributed by atoms with Crippen molar-refractivity contribution in [2.24, 2.45) is 0 Å². The number of methoxy groups -OCH3 is 1. The van der Waals surface area contributed by atoms with Gasteiger partial charge in [0.15, 0.2) is 0 Å². The number of urea groups is 1. The Morgan fingerprint density at radius 1 is 1.14 bits per heavy atom. The van der Waals surface area contributed by atoms with E-state index >= 15 is 0 Å². The number of aryl methyl sites for hydroxylation is 1. The molecule has 1 N–H and O–H groups in total. The van der Waals surface area contributed by atoms with Gasteiger partial charge in [-0.1, -0.05) is 0 Å². The van der Waals surface area contributed by atoms with Crippen LogP contribution in [0, 0.1) is 6.92 Å². The average Bonchev–Trinajstić information content (AvgIpc) is 2.65. The summed E-state index contributed by atoms with van der Waals surface area (Å²) in [5, 5.41) is -0.640. The Bertz CT molecular complexity index is 1140. The number of nitrogens with zero attached hydrogens (tertiary/aromatic N) is 6. The van der Waals surface area contributed by atoms with E-state index in [1.807, 2.05) is 4.72 Å². The Morgan fingerprint density at radius 2 is 1.79 bits per heavy atom. The van der Waals surface area contributed by atoms with Crippen LogP contribution in [0.2, 0.25) is 0 Å². The standard InChI is InChI=1S/C14H19N7O6S2/c1-9-16-12(18-13(17-9)27-4)20(2)14(22)19-29(25,26)11-10(7-6-8-15-11)21(3)28(5,23)24/h6-8H,1-5H3,(H,19,22). The van der Waals surface area contributed by atoms with Crippen molar-refractivity contribution in [3.05, 3.63) is 24.2 Å². The molecule has 0 aliphatic rings. The van der Waals surface area contributed by atoms with E-state index in [-0.39, 0.29) is 23.5 Å². The first-order chi connectivity index (χ1) is 13.4. The number of aromatic nitrogens is 4. The van der Waals surface area contributed by atoms with Crippen LogP contribution in [-0.4, -0.2) is 70.3 Å². The van der Waals surface area contributed by atoms with Crippen LogP contribution in [0.4, 0.5) is 16.4 Å². The van der Waals surface area contributed by atoms with Gasteiger partial charge in [0.2, 0.25) is 21.0 Å². The van der Waals surface area contributed by atoms with Crippen LogP contribution in [0.5, 0.6) is 6.01 Å². The molecule has 0 aromatic carbocycles. The fourth-order valence-electron chi connectivity index (χ4n) is 2.02. The smallest absolute Gasteiger partial charge is 0.337 e. The van der Waals surface area contributed by atoms with Gasteiger partial charge in [0.1, 0.15) is 5.82 Å². The van der Waals surface area contributed by atoms with Crippen molar-refractivity contribution in [2.45, 2.75) is 11.9 Å². The summed E-state index contributed by atoms with van der Waals surface area (Å²) >= 11 is 0. The van der Waals surface area contributed by atoms with Gasteiger partial charge in [0.05, 0.1) is 19.1 Å². The molecule has 0 saturated carbocycles. The summed E-state index contributed by atoms with van der Waals surface area (Å²) in [6, 6.07) is 1.45. The van der Waals surface area contributed by atoms with Crippen molar-refractivity contribution >= 4 is 37.7 Å². The van der Waals surface area contributed by atoms with Crippen LogP contribution in [0.25, 0.3) is 0 Å². The lowest BCUT2D eigenvalue weighted by Gasteiger charge is -2.20. The molecular formula is C14H19N7O6S2.